The summed E-state index contributed by atoms with van der Waals surface area (Å²) in [5.74, 6) is 0.717. The van der Waals surface area contributed by atoms with E-state index in [0.29, 0.717) is 41.8 Å². The van der Waals surface area contributed by atoms with Gasteiger partial charge in [-0.2, -0.15) is 5.10 Å². The minimum Gasteiger partial charge on any atom is -0.493 e. The summed E-state index contributed by atoms with van der Waals surface area (Å²) >= 11 is 6.29. The van der Waals surface area contributed by atoms with Crippen molar-refractivity contribution in [3.63, 3.8) is 0 Å². The Bertz CT molecular complexity index is 973. The second-order valence-corrected chi connectivity index (χ2v) is 7.02. The Labute approximate surface area is 175 Å². The molecular formula is C22H24ClN3O3. The summed E-state index contributed by atoms with van der Waals surface area (Å²) in [6, 6.07) is 13.4. The summed E-state index contributed by atoms with van der Waals surface area (Å²) < 4.78 is 12.7. The highest BCUT2D eigenvalue weighted by Gasteiger charge is 2.19. The molecule has 0 fully saturated rings. The van der Waals surface area contributed by atoms with Gasteiger partial charge in [-0.25, -0.2) is 0 Å². The fraction of sp³-hybridized carbons (Fsp3) is 0.273. The van der Waals surface area contributed by atoms with Crippen LogP contribution < -0.4 is 9.47 Å². The van der Waals surface area contributed by atoms with E-state index in [0.717, 1.165) is 5.56 Å². The van der Waals surface area contributed by atoms with Gasteiger partial charge in [-0.05, 0) is 24.6 Å². The predicted molar refractivity (Wildman–Crippen MR) is 113 cm³/mol. The third-order valence-electron chi connectivity index (χ3n) is 4.41. The van der Waals surface area contributed by atoms with Crippen molar-refractivity contribution in [3.8, 4) is 11.5 Å². The van der Waals surface area contributed by atoms with E-state index in [1.807, 2.05) is 36.0 Å². The number of ether oxygens (including phenoxy) is 2. The summed E-state index contributed by atoms with van der Waals surface area (Å²) in [5.41, 5.74) is 2.55. The van der Waals surface area contributed by atoms with Crippen molar-refractivity contribution in [3.05, 3.63) is 76.6 Å². The topological polar surface area (TPSA) is 56.6 Å². The lowest BCUT2D eigenvalue weighted by Gasteiger charge is -2.18. The third-order valence-corrected chi connectivity index (χ3v) is 4.69. The molecule has 1 aromatic heterocycles. The smallest absolute Gasteiger partial charge is 0.254 e. The Kier molecular flexibility index (Phi) is 6.77. The van der Waals surface area contributed by atoms with Crippen LogP contribution in [0.5, 0.6) is 11.5 Å². The van der Waals surface area contributed by atoms with Gasteiger partial charge in [0.25, 0.3) is 5.91 Å². The van der Waals surface area contributed by atoms with Crippen LogP contribution in [0.1, 0.15) is 28.4 Å². The molecule has 6 nitrogen and oxygen atoms in total. The predicted octanol–water partition coefficient (Wildman–Crippen LogP) is 4.26. The first-order valence-electron chi connectivity index (χ1n) is 9.32. The maximum absolute atomic E-state index is 12.9. The minimum absolute atomic E-state index is 0.163. The molecule has 2 aromatic carbocycles. The number of amides is 1. The number of aromatic nitrogens is 2. The Morgan fingerprint density at radius 2 is 1.97 bits per heavy atom. The van der Waals surface area contributed by atoms with Crippen molar-refractivity contribution in [2.75, 3.05) is 20.8 Å². The highest BCUT2D eigenvalue weighted by atomic mass is 35.5. The van der Waals surface area contributed by atoms with Crippen LogP contribution in [-0.4, -0.2) is 41.4 Å². The molecule has 0 aliphatic rings. The van der Waals surface area contributed by atoms with E-state index in [4.69, 9.17) is 21.1 Å². The largest absolute Gasteiger partial charge is 0.493 e. The quantitative estimate of drug-likeness (QED) is 0.553. The van der Waals surface area contributed by atoms with E-state index in [1.54, 1.807) is 30.3 Å². The van der Waals surface area contributed by atoms with Crippen LogP contribution in [0.15, 0.2) is 54.9 Å². The molecule has 0 unspecified atom stereocenters. The summed E-state index contributed by atoms with van der Waals surface area (Å²) in [6.45, 7) is 3.43. The van der Waals surface area contributed by atoms with Crippen LogP contribution in [-0.2, 0) is 13.1 Å². The fourth-order valence-corrected chi connectivity index (χ4v) is 3.30. The molecule has 29 heavy (non-hydrogen) atoms. The SMILES string of the molecule is CCOc1c(Cl)cc(C(=O)N(C)Cc2cnn(Cc3ccccc3)c2)cc1OC. The lowest BCUT2D eigenvalue weighted by molar-refractivity contribution is 0.0784. The van der Waals surface area contributed by atoms with Gasteiger partial charge in [0.2, 0.25) is 0 Å². The maximum Gasteiger partial charge on any atom is 0.254 e. The number of hydrogen-bond acceptors (Lipinski definition) is 4. The van der Waals surface area contributed by atoms with Crippen molar-refractivity contribution < 1.29 is 14.3 Å². The van der Waals surface area contributed by atoms with Crippen LogP contribution in [0.3, 0.4) is 0 Å². The summed E-state index contributed by atoms with van der Waals surface area (Å²) in [5, 5.41) is 4.74. The lowest BCUT2D eigenvalue weighted by Crippen LogP contribution is -2.26. The average molecular weight is 414 g/mol. The monoisotopic (exact) mass is 413 g/mol. The van der Waals surface area contributed by atoms with Crippen molar-refractivity contribution in [2.24, 2.45) is 0 Å². The normalized spacial score (nSPS) is 10.6. The standard InChI is InChI=1S/C22H24ClN3O3/c1-4-29-21-19(23)10-18(11-20(21)28-3)22(27)25(2)13-17-12-24-26(15-17)14-16-8-6-5-7-9-16/h5-12,15H,4,13-14H2,1-3H3. The number of nitrogens with zero attached hydrogens (tertiary/aromatic N) is 3. The number of rotatable bonds is 8. The van der Waals surface area contributed by atoms with E-state index >= 15 is 0 Å². The average Bonchev–Trinajstić information content (AvgIpc) is 3.16. The van der Waals surface area contributed by atoms with Gasteiger partial charge >= 0.3 is 0 Å². The Balaban J connectivity index is 1.70. The molecule has 7 heteroatoms. The first kappa shape index (κ1) is 20.7. The molecule has 0 atom stereocenters. The number of carbonyl (C=O) groups is 1. The Hall–Kier alpha value is -2.99. The van der Waals surface area contributed by atoms with Gasteiger partial charge in [0, 0.05) is 30.9 Å². The second kappa shape index (κ2) is 9.47. The molecule has 3 aromatic rings. The molecular weight excluding hydrogens is 390 g/mol. The lowest BCUT2D eigenvalue weighted by atomic mass is 10.1. The number of methoxy groups -OCH3 is 1. The third kappa shape index (κ3) is 5.09. The molecule has 152 valence electrons. The van der Waals surface area contributed by atoms with E-state index in [-0.39, 0.29) is 5.91 Å². The van der Waals surface area contributed by atoms with E-state index < -0.39 is 0 Å². The van der Waals surface area contributed by atoms with Crippen molar-refractivity contribution in [1.29, 1.82) is 0 Å². The molecule has 3 rings (SSSR count). The molecule has 0 saturated heterocycles. The molecule has 0 saturated carbocycles. The van der Waals surface area contributed by atoms with Crippen LogP contribution in [0.25, 0.3) is 0 Å². The van der Waals surface area contributed by atoms with Gasteiger partial charge in [0.1, 0.15) is 0 Å². The van der Waals surface area contributed by atoms with Gasteiger partial charge < -0.3 is 14.4 Å². The number of halogens is 1. The number of benzene rings is 2. The zero-order valence-electron chi connectivity index (χ0n) is 16.8. The van der Waals surface area contributed by atoms with Crippen LogP contribution in [0.2, 0.25) is 5.02 Å². The van der Waals surface area contributed by atoms with Crippen molar-refractivity contribution in [2.45, 2.75) is 20.0 Å². The Morgan fingerprint density at radius 1 is 1.21 bits per heavy atom. The van der Waals surface area contributed by atoms with Crippen LogP contribution in [0, 0.1) is 0 Å². The summed E-state index contributed by atoms with van der Waals surface area (Å²) in [7, 11) is 3.26. The summed E-state index contributed by atoms with van der Waals surface area (Å²) in [4.78, 5) is 14.5. The molecule has 0 spiro atoms. The zero-order valence-corrected chi connectivity index (χ0v) is 17.5. The van der Waals surface area contributed by atoms with E-state index in [2.05, 4.69) is 17.2 Å². The number of hydrogen-bond donors (Lipinski definition) is 0. The highest BCUT2D eigenvalue weighted by Crippen LogP contribution is 2.36. The molecule has 0 N–H and O–H groups in total. The molecule has 1 heterocycles. The first-order valence-corrected chi connectivity index (χ1v) is 9.70. The zero-order chi connectivity index (χ0) is 20.8. The molecule has 1 amide bonds. The van der Waals surface area contributed by atoms with Gasteiger partial charge in [-0.1, -0.05) is 41.9 Å². The van der Waals surface area contributed by atoms with Crippen LogP contribution in [0.4, 0.5) is 0 Å². The van der Waals surface area contributed by atoms with Gasteiger partial charge in [0.15, 0.2) is 11.5 Å². The number of carbonyl (C=O) groups excluding carboxylic acids is 1. The van der Waals surface area contributed by atoms with Crippen molar-refractivity contribution in [1.82, 2.24) is 14.7 Å². The second-order valence-electron chi connectivity index (χ2n) is 6.62. The molecule has 0 radical (unpaired) electrons. The Morgan fingerprint density at radius 3 is 2.66 bits per heavy atom. The van der Waals surface area contributed by atoms with Gasteiger partial charge in [0.05, 0.1) is 31.5 Å². The van der Waals surface area contributed by atoms with Gasteiger partial charge in [-0.3, -0.25) is 9.48 Å². The highest BCUT2D eigenvalue weighted by molar-refractivity contribution is 6.32. The van der Waals surface area contributed by atoms with Crippen LogP contribution >= 0.6 is 11.6 Å². The van der Waals surface area contributed by atoms with E-state index in [1.165, 1.54) is 12.7 Å². The maximum atomic E-state index is 12.9. The van der Waals surface area contributed by atoms with Gasteiger partial charge in [-0.15, -0.1) is 0 Å². The molecule has 0 bridgehead atoms. The van der Waals surface area contributed by atoms with E-state index in [9.17, 15) is 4.79 Å². The minimum atomic E-state index is -0.163. The summed E-state index contributed by atoms with van der Waals surface area (Å²) in [6.07, 6.45) is 3.72. The molecule has 0 aliphatic heterocycles. The fourth-order valence-electron chi connectivity index (χ4n) is 3.04. The van der Waals surface area contributed by atoms with Crippen molar-refractivity contribution >= 4 is 17.5 Å². The first-order chi connectivity index (χ1) is 14.0. The molecule has 0 aliphatic carbocycles.